The molecule has 4 aliphatic rings. The van der Waals surface area contributed by atoms with E-state index in [9.17, 15) is 0 Å². The summed E-state index contributed by atoms with van der Waals surface area (Å²) in [5, 5.41) is 6.86. The highest BCUT2D eigenvalue weighted by Crippen LogP contribution is 2.62. The van der Waals surface area contributed by atoms with Crippen LogP contribution in [0.15, 0.2) is 364 Å². The Kier molecular flexibility index (Phi) is 14.6. The SMILES string of the molecule is CC(C)(C)c1cccc2c1N1c3cc(-n4c5ccccc5c5ccccc54)cc4c3B(c3ccc(-c5ccccc5)c(c31)-c1ccccc1Oc1cc3c5ccccc5n(-c5ccccc5)c3cc1-2)c1ccc(-c2ccccc2)c2c1N4c1c(cccc1C(C)(C)C)-c1cc3c(cc1Oc1ccccc1-2)c1ccccc1n3-c1ccccc1. The van der Waals surface area contributed by atoms with Crippen molar-refractivity contribution in [2.24, 2.45) is 0 Å². The third-order valence-corrected chi connectivity index (χ3v) is 25.4. The Bertz CT molecular complexity index is 7200. The predicted octanol–water partition coefficient (Wildman–Crippen LogP) is 27.9. The van der Waals surface area contributed by atoms with Crippen LogP contribution in [0.1, 0.15) is 52.7 Å². The van der Waals surface area contributed by atoms with Gasteiger partial charge < -0.3 is 33.0 Å². The average Bonchev–Trinajstić information content (AvgIpc) is 0.757. The first-order valence-corrected chi connectivity index (χ1v) is 41.2. The van der Waals surface area contributed by atoms with Gasteiger partial charge in [-0.15, -0.1) is 0 Å². The molecule has 0 spiro atoms. The number of hydrogen-bond acceptors (Lipinski definition) is 4. The number of anilines is 6. The van der Waals surface area contributed by atoms with Crippen molar-refractivity contribution in [2.75, 3.05) is 9.80 Å². The van der Waals surface area contributed by atoms with E-state index in [2.05, 4.69) is 429 Å². The molecule has 0 atom stereocenters. The molecule has 20 aromatic rings. The lowest BCUT2D eigenvalue weighted by Gasteiger charge is -2.48. The Hall–Kier alpha value is -14.6. The summed E-state index contributed by atoms with van der Waals surface area (Å²) in [6, 6.07) is 136. The van der Waals surface area contributed by atoms with Crippen LogP contribution in [0.2, 0.25) is 0 Å². The van der Waals surface area contributed by atoms with E-state index in [1.54, 1.807) is 0 Å². The Morgan fingerprint density at radius 1 is 0.237 bits per heavy atom. The number of rotatable bonds is 5. The lowest BCUT2D eigenvalue weighted by Crippen LogP contribution is -2.62. The lowest BCUT2D eigenvalue weighted by molar-refractivity contribution is 0.486. The maximum atomic E-state index is 8.01. The summed E-state index contributed by atoms with van der Waals surface area (Å²) in [7, 11) is 0. The minimum Gasteiger partial charge on any atom is -0.456 e. The van der Waals surface area contributed by atoms with Gasteiger partial charge in [0.05, 0.1) is 61.5 Å². The van der Waals surface area contributed by atoms with Crippen LogP contribution < -0.4 is 35.7 Å². The molecule has 3 aromatic heterocycles. The summed E-state index contributed by atoms with van der Waals surface area (Å²) in [6.45, 7) is 14.0. The van der Waals surface area contributed by atoms with Crippen molar-refractivity contribution in [3.8, 4) is 107 Å². The van der Waals surface area contributed by atoms with E-state index in [1.807, 2.05) is 0 Å². The number of aromatic nitrogens is 3. The van der Waals surface area contributed by atoms with Crippen LogP contribution in [0.3, 0.4) is 0 Å². The fraction of sp³-hybridized carbons (Fsp3) is 0.0727. The van der Waals surface area contributed by atoms with Gasteiger partial charge in [0.25, 0.3) is 6.71 Å². The molecule has 0 radical (unpaired) electrons. The molecule has 24 rings (SSSR count). The second-order valence-electron chi connectivity index (χ2n) is 34.2. The molecule has 0 unspecified atom stereocenters. The number of ether oxygens (including phenoxy) is 2. The minimum absolute atomic E-state index is 0.411. The first-order valence-electron chi connectivity index (χ1n) is 41.2. The molecule has 8 heteroatoms. The van der Waals surface area contributed by atoms with Crippen LogP contribution in [-0.4, -0.2) is 20.4 Å². The summed E-state index contributed by atoms with van der Waals surface area (Å²) in [5.41, 5.74) is 33.8. The van der Waals surface area contributed by atoms with Gasteiger partial charge in [-0.3, -0.25) is 0 Å². The van der Waals surface area contributed by atoms with Crippen molar-refractivity contribution in [1.82, 2.24) is 13.7 Å². The molecule has 17 aromatic carbocycles. The van der Waals surface area contributed by atoms with Crippen molar-refractivity contribution in [3.63, 3.8) is 0 Å². The Balaban J connectivity index is 0.928. The number of fused-ring (bicyclic) bond motifs is 25. The largest absolute Gasteiger partial charge is 0.456 e. The molecule has 0 saturated heterocycles. The van der Waals surface area contributed by atoms with Gasteiger partial charge in [0.1, 0.15) is 23.0 Å². The molecule has 0 bridgehead atoms. The van der Waals surface area contributed by atoms with Crippen molar-refractivity contribution in [2.45, 2.75) is 52.4 Å². The van der Waals surface area contributed by atoms with E-state index in [4.69, 9.17) is 9.47 Å². The fourth-order valence-corrected chi connectivity index (χ4v) is 20.5. The molecule has 558 valence electrons. The highest BCUT2D eigenvalue weighted by molar-refractivity contribution is 7.00. The zero-order chi connectivity index (χ0) is 78.6. The van der Waals surface area contributed by atoms with E-state index in [0.29, 0.717) is 0 Å². The molecule has 7 heterocycles. The summed E-state index contributed by atoms with van der Waals surface area (Å²) in [4.78, 5) is 5.56. The molecule has 0 N–H and O–H groups in total. The normalized spacial score (nSPS) is 13.1. The number of benzene rings is 17. The van der Waals surface area contributed by atoms with Crippen LogP contribution in [0.4, 0.5) is 34.1 Å². The standard InChI is InChI=1S/C110H78BN5O2/c1-109(2,3)86-49-31-47-78-84-63-94-82(76-43-21-27-53-92(76)112(94)69-37-15-9-16-38-69)65-100(84)117-98-55-29-23-45-80(98)102-72(67-33-11-7-12-34-67)57-59-88-107(102)115(105(78)86)96-61-71(114-90-51-25-19-41-74(90)75-42-20-26-52-91(75)114)62-97-104(96)111(88)89-60-58-73(68-35-13-8-14-36-68)103-81-46-24-30-56-99(81)118-101-66-83-77-44-22-28-54-93(77)113(70-39-17-10-18-40-70)95(83)64-85(101)79-48-32-50-87(110(4,5)6)106(79)116(97)108(89)103/h7-66H,1-6H3. The Labute approximate surface area is 685 Å². The molecular weight excluding hydrogens is 1430 g/mol. The molecule has 118 heavy (non-hydrogen) atoms. The van der Waals surface area contributed by atoms with Gasteiger partial charge in [-0.05, 0) is 158 Å². The number of nitrogens with zero attached hydrogens (tertiary/aromatic N) is 5. The lowest BCUT2D eigenvalue weighted by atomic mass is 9.33. The Morgan fingerprint density at radius 3 is 0.975 bits per heavy atom. The van der Waals surface area contributed by atoms with Crippen molar-refractivity contribution in [1.29, 1.82) is 0 Å². The quantitative estimate of drug-likeness (QED) is 0.161. The monoisotopic (exact) mass is 1510 g/mol. The highest BCUT2D eigenvalue weighted by Gasteiger charge is 2.50. The third kappa shape index (κ3) is 9.90. The average molecular weight is 1510 g/mol. The summed E-state index contributed by atoms with van der Waals surface area (Å²) in [5.74, 6) is 3.04. The second kappa shape index (κ2) is 25.5. The molecule has 0 aliphatic carbocycles. The van der Waals surface area contributed by atoms with E-state index >= 15 is 0 Å². The van der Waals surface area contributed by atoms with Crippen LogP contribution >= 0.6 is 0 Å². The second-order valence-corrected chi connectivity index (χ2v) is 34.2. The molecule has 0 fully saturated rings. The predicted molar refractivity (Wildman–Crippen MR) is 494 cm³/mol. The highest BCUT2D eigenvalue weighted by atomic mass is 16.5. The van der Waals surface area contributed by atoms with Crippen molar-refractivity contribution < 1.29 is 9.47 Å². The maximum Gasteiger partial charge on any atom is 0.252 e. The molecule has 0 saturated carbocycles. The first-order chi connectivity index (χ1) is 57.9. The summed E-state index contributed by atoms with van der Waals surface area (Å²) in [6.07, 6.45) is 0. The van der Waals surface area contributed by atoms with Crippen molar-refractivity contribution in [3.05, 3.63) is 375 Å². The first kappa shape index (κ1) is 67.9. The molecule has 0 amide bonds. The van der Waals surface area contributed by atoms with Crippen LogP contribution in [-0.2, 0) is 10.8 Å². The number of hydrogen-bond donors (Lipinski definition) is 0. The van der Waals surface area contributed by atoms with E-state index in [0.717, 1.165) is 196 Å². The molecular formula is C110H78BN5O2. The Morgan fingerprint density at radius 2 is 0.576 bits per heavy atom. The minimum atomic E-state index is -0.452. The summed E-state index contributed by atoms with van der Waals surface area (Å²) >= 11 is 0. The van der Waals surface area contributed by atoms with E-state index in [-0.39, 0.29) is 0 Å². The number of para-hydroxylation sites is 10. The zero-order valence-corrected chi connectivity index (χ0v) is 66.3. The van der Waals surface area contributed by atoms with Crippen molar-refractivity contribution >= 4 is 123 Å². The third-order valence-electron chi connectivity index (χ3n) is 25.4. The van der Waals surface area contributed by atoms with Gasteiger partial charge in [-0.2, -0.15) is 0 Å². The van der Waals surface area contributed by atoms with E-state index in [1.165, 1.54) is 38.3 Å². The zero-order valence-electron chi connectivity index (χ0n) is 66.3. The smallest absolute Gasteiger partial charge is 0.252 e. The van der Waals surface area contributed by atoms with Gasteiger partial charge in [0.2, 0.25) is 0 Å². The molecule has 4 aliphatic heterocycles. The van der Waals surface area contributed by atoms with Gasteiger partial charge in [-0.25, -0.2) is 0 Å². The summed E-state index contributed by atoms with van der Waals surface area (Å²) < 4.78 is 23.5. The van der Waals surface area contributed by atoms with Gasteiger partial charge in [-0.1, -0.05) is 308 Å². The van der Waals surface area contributed by atoms with Gasteiger partial charge in [0, 0.05) is 99.6 Å². The van der Waals surface area contributed by atoms with Crippen LogP contribution in [0, 0.1) is 0 Å². The van der Waals surface area contributed by atoms with Crippen LogP contribution in [0.25, 0.3) is 149 Å². The topological polar surface area (TPSA) is 39.7 Å². The van der Waals surface area contributed by atoms with Gasteiger partial charge >= 0.3 is 0 Å². The fourth-order valence-electron chi connectivity index (χ4n) is 20.5. The van der Waals surface area contributed by atoms with Crippen LogP contribution in [0.5, 0.6) is 23.0 Å². The van der Waals surface area contributed by atoms with Gasteiger partial charge in [0.15, 0.2) is 0 Å². The maximum absolute atomic E-state index is 8.01. The van der Waals surface area contributed by atoms with E-state index < -0.39 is 17.5 Å². The molecule has 7 nitrogen and oxygen atoms in total.